The van der Waals surface area contributed by atoms with Crippen molar-refractivity contribution in [2.24, 2.45) is 28.7 Å². The summed E-state index contributed by atoms with van der Waals surface area (Å²) in [6.07, 6.45) is 8.06. The summed E-state index contributed by atoms with van der Waals surface area (Å²) in [5.41, 5.74) is 1.21. The van der Waals surface area contributed by atoms with E-state index in [1.807, 2.05) is 4.90 Å². The van der Waals surface area contributed by atoms with Gasteiger partial charge in [-0.15, -0.1) is 0 Å². The van der Waals surface area contributed by atoms with Crippen LogP contribution in [-0.4, -0.2) is 45.5 Å². The van der Waals surface area contributed by atoms with Crippen LogP contribution in [0.2, 0.25) is 0 Å². The first-order valence-electron chi connectivity index (χ1n) is 12.3. The summed E-state index contributed by atoms with van der Waals surface area (Å²) in [5, 5.41) is 3.78. The van der Waals surface area contributed by atoms with E-state index in [-0.39, 0.29) is 23.6 Å². The van der Waals surface area contributed by atoms with Crippen LogP contribution < -0.4 is 5.32 Å². The Morgan fingerprint density at radius 2 is 1.97 bits per heavy atom. The van der Waals surface area contributed by atoms with Gasteiger partial charge in [0.2, 0.25) is 5.91 Å². The van der Waals surface area contributed by atoms with Gasteiger partial charge in [-0.1, -0.05) is 24.2 Å². The van der Waals surface area contributed by atoms with Gasteiger partial charge in [0, 0.05) is 31.3 Å². The molecule has 3 amide bonds. The largest absolute Gasteiger partial charge is 0.339 e. The number of anilines is 1. The molecule has 1 aromatic carbocycles. The van der Waals surface area contributed by atoms with Crippen molar-refractivity contribution < 1.29 is 14.4 Å². The van der Waals surface area contributed by atoms with Crippen LogP contribution in [0.5, 0.6) is 0 Å². The lowest BCUT2D eigenvalue weighted by Crippen LogP contribution is -2.46. The average molecular weight is 468 g/mol. The first-order chi connectivity index (χ1) is 15.8. The van der Waals surface area contributed by atoms with Crippen LogP contribution in [0.15, 0.2) is 29.3 Å². The molecular weight excluding hydrogens is 434 g/mol. The number of hydrogen-bond donors (Lipinski definition) is 1. The summed E-state index contributed by atoms with van der Waals surface area (Å²) in [7, 11) is 0. The molecular formula is C26H33N3O3S. The second kappa shape index (κ2) is 8.90. The van der Waals surface area contributed by atoms with Gasteiger partial charge < -0.3 is 10.2 Å². The van der Waals surface area contributed by atoms with Crippen molar-refractivity contribution in [2.45, 2.75) is 63.5 Å². The van der Waals surface area contributed by atoms with Crippen LogP contribution in [0, 0.1) is 23.7 Å². The van der Waals surface area contributed by atoms with Gasteiger partial charge in [0.15, 0.2) is 0 Å². The quantitative estimate of drug-likeness (QED) is 0.678. The molecule has 176 valence electrons. The van der Waals surface area contributed by atoms with E-state index in [0.29, 0.717) is 24.3 Å². The minimum atomic E-state index is -0.493. The minimum Gasteiger partial charge on any atom is -0.339 e. The molecule has 5 rings (SSSR count). The van der Waals surface area contributed by atoms with E-state index in [0.717, 1.165) is 42.1 Å². The fourth-order valence-electron chi connectivity index (χ4n) is 6.48. The predicted molar refractivity (Wildman–Crippen MR) is 131 cm³/mol. The zero-order valence-corrected chi connectivity index (χ0v) is 20.3. The standard InChI is InChI=1S/C26H33N3O3S/c1-16(30)27-22-5-3-4-19(14-22)24(31)29-10-8-21(9-11-29)26(2)25(32)28-23(33-26)15-20-13-17-6-7-18(20)12-17/h3-5,14,17-18,20-21H,6-13,15H2,1-2H3,(H,27,30)/t17-,18+,20-,26?/m1/s1. The summed E-state index contributed by atoms with van der Waals surface area (Å²) in [6, 6.07) is 7.08. The topological polar surface area (TPSA) is 78.8 Å². The summed E-state index contributed by atoms with van der Waals surface area (Å²) in [6.45, 7) is 4.80. The molecule has 6 nitrogen and oxygen atoms in total. The number of piperidine rings is 1. The van der Waals surface area contributed by atoms with Crippen molar-refractivity contribution in [3.8, 4) is 0 Å². The number of carbonyl (C=O) groups is 3. The van der Waals surface area contributed by atoms with Crippen molar-refractivity contribution in [1.82, 2.24) is 4.90 Å². The Hall–Kier alpha value is -2.15. The molecule has 0 radical (unpaired) electrons. The van der Waals surface area contributed by atoms with E-state index >= 15 is 0 Å². The Bertz CT molecular complexity index is 1000. The number of nitrogens with one attached hydrogen (secondary N) is 1. The first-order valence-corrected chi connectivity index (χ1v) is 13.1. The fourth-order valence-corrected chi connectivity index (χ4v) is 7.93. The average Bonchev–Trinajstić information content (AvgIpc) is 3.48. The molecule has 0 spiro atoms. The van der Waals surface area contributed by atoms with Crippen LogP contribution in [0.4, 0.5) is 5.69 Å². The van der Waals surface area contributed by atoms with Crippen molar-refractivity contribution >= 4 is 40.2 Å². The Kier molecular flexibility index (Phi) is 6.10. The highest BCUT2D eigenvalue weighted by Crippen LogP contribution is 2.52. The van der Waals surface area contributed by atoms with Crippen molar-refractivity contribution in [3.63, 3.8) is 0 Å². The molecule has 2 heterocycles. The predicted octanol–water partition coefficient (Wildman–Crippen LogP) is 4.75. The molecule has 1 saturated heterocycles. The number of hydrogen-bond acceptors (Lipinski definition) is 4. The summed E-state index contributed by atoms with van der Waals surface area (Å²) in [5.74, 6) is 2.55. The molecule has 1 unspecified atom stereocenters. The number of fused-ring (bicyclic) bond motifs is 2. The number of aliphatic imine (C=N–C) groups is 1. The van der Waals surface area contributed by atoms with Crippen LogP contribution in [0.1, 0.15) is 69.2 Å². The molecule has 2 aliphatic heterocycles. The maximum Gasteiger partial charge on any atom is 0.263 e. The Morgan fingerprint density at radius 3 is 2.64 bits per heavy atom. The molecule has 3 fully saturated rings. The molecule has 2 saturated carbocycles. The van der Waals surface area contributed by atoms with Crippen molar-refractivity contribution in [1.29, 1.82) is 0 Å². The Morgan fingerprint density at radius 1 is 1.18 bits per heavy atom. The first kappa shape index (κ1) is 22.6. The van der Waals surface area contributed by atoms with E-state index in [4.69, 9.17) is 0 Å². The molecule has 1 aromatic rings. The number of nitrogens with zero attached hydrogens (tertiary/aromatic N) is 2. The van der Waals surface area contributed by atoms with Gasteiger partial charge >= 0.3 is 0 Å². The SMILES string of the molecule is CC(=O)Nc1cccc(C(=O)N2CCC(C3(C)SC(C[C@H]4C[C@@H]5CC[C@H]4C5)=NC3=O)CC2)c1. The lowest BCUT2D eigenvalue weighted by molar-refractivity contribution is -0.121. The summed E-state index contributed by atoms with van der Waals surface area (Å²) >= 11 is 1.71. The number of amides is 3. The van der Waals surface area contributed by atoms with Crippen molar-refractivity contribution in [3.05, 3.63) is 29.8 Å². The third-order valence-electron chi connectivity index (χ3n) is 8.29. The van der Waals surface area contributed by atoms with Gasteiger partial charge in [0.25, 0.3) is 11.8 Å². The molecule has 2 bridgehead atoms. The number of rotatable bonds is 5. The number of carbonyl (C=O) groups excluding carboxylic acids is 3. The highest BCUT2D eigenvalue weighted by atomic mass is 32.2. The normalized spacial score (nSPS) is 31.7. The highest BCUT2D eigenvalue weighted by molar-refractivity contribution is 8.16. The molecule has 33 heavy (non-hydrogen) atoms. The lowest BCUT2D eigenvalue weighted by Gasteiger charge is -2.38. The van der Waals surface area contributed by atoms with Crippen LogP contribution in [0.3, 0.4) is 0 Å². The molecule has 7 heteroatoms. The smallest absolute Gasteiger partial charge is 0.263 e. The maximum atomic E-state index is 13.0. The summed E-state index contributed by atoms with van der Waals surface area (Å²) in [4.78, 5) is 43.7. The zero-order chi connectivity index (χ0) is 23.2. The maximum absolute atomic E-state index is 13.0. The van der Waals surface area contributed by atoms with E-state index in [2.05, 4.69) is 17.2 Å². The second-order valence-electron chi connectivity index (χ2n) is 10.5. The third kappa shape index (κ3) is 4.48. The zero-order valence-electron chi connectivity index (χ0n) is 19.5. The van der Waals surface area contributed by atoms with Crippen molar-refractivity contribution in [2.75, 3.05) is 18.4 Å². The van der Waals surface area contributed by atoms with Gasteiger partial charge in [-0.3, -0.25) is 14.4 Å². The van der Waals surface area contributed by atoms with Gasteiger partial charge in [-0.2, -0.15) is 0 Å². The van der Waals surface area contributed by atoms with Crippen LogP contribution >= 0.6 is 11.8 Å². The Labute approximate surface area is 200 Å². The van der Waals surface area contributed by atoms with Gasteiger partial charge in [0.1, 0.15) is 4.75 Å². The summed E-state index contributed by atoms with van der Waals surface area (Å²) < 4.78 is -0.493. The second-order valence-corrected chi connectivity index (χ2v) is 12.0. The van der Waals surface area contributed by atoms with E-state index < -0.39 is 4.75 Å². The van der Waals surface area contributed by atoms with Crippen LogP contribution in [0.25, 0.3) is 0 Å². The molecule has 0 aromatic heterocycles. The molecule has 4 atom stereocenters. The van der Waals surface area contributed by atoms with E-state index in [1.165, 1.54) is 32.6 Å². The number of thioether (sulfide) groups is 1. The molecule has 4 aliphatic rings. The molecule has 2 aliphatic carbocycles. The molecule has 1 N–H and O–H groups in total. The fraction of sp³-hybridized carbons (Fsp3) is 0.615. The lowest BCUT2D eigenvalue weighted by atomic mass is 9.84. The van der Waals surface area contributed by atoms with Gasteiger partial charge in [0.05, 0.1) is 5.04 Å². The highest BCUT2D eigenvalue weighted by Gasteiger charge is 2.49. The monoisotopic (exact) mass is 467 g/mol. The van der Waals surface area contributed by atoms with E-state index in [9.17, 15) is 14.4 Å². The Balaban J connectivity index is 1.17. The van der Waals surface area contributed by atoms with Crippen LogP contribution in [-0.2, 0) is 9.59 Å². The van der Waals surface area contributed by atoms with Gasteiger partial charge in [-0.05, 0) is 87.3 Å². The third-order valence-corrected chi connectivity index (χ3v) is 9.72. The number of benzene rings is 1. The van der Waals surface area contributed by atoms with Gasteiger partial charge in [-0.25, -0.2) is 4.99 Å². The number of likely N-dealkylation sites (tertiary alicyclic amines) is 1. The van der Waals surface area contributed by atoms with E-state index in [1.54, 1.807) is 36.0 Å². The minimum absolute atomic E-state index is 0.0237.